The first-order valence-corrected chi connectivity index (χ1v) is 9.26. The summed E-state index contributed by atoms with van der Waals surface area (Å²) in [4.78, 5) is 26.3. The van der Waals surface area contributed by atoms with E-state index in [1.807, 2.05) is 20.0 Å². The molecule has 0 spiro atoms. The number of anilines is 1. The van der Waals surface area contributed by atoms with Crippen LogP contribution in [0.25, 0.3) is 0 Å². The van der Waals surface area contributed by atoms with E-state index in [1.165, 1.54) is 5.56 Å². The third-order valence-electron chi connectivity index (χ3n) is 6.17. The molecule has 5 nitrogen and oxygen atoms in total. The van der Waals surface area contributed by atoms with Crippen LogP contribution in [0.15, 0.2) is 23.3 Å². The van der Waals surface area contributed by atoms with E-state index in [0.717, 1.165) is 42.6 Å². The summed E-state index contributed by atoms with van der Waals surface area (Å²) in [6.07, 6.45) is 3.91. The number of amides is 2. The molecular formula is C20H25N3O2. The third-order valence-corrected chi connectivity index (χ3v) is 6.17. The number of carbonyl (C=O) groups is 2. The summed E-state index contributed by atoms with van der Waals surface area (Å²) in [5, 5.41) is 4.41. The number of hydrazone groups is 1. The minimum atomic E-state index is 0.0290. The summed E-state index contributed by atoms with van der Waals surface area (Å²) < 4.78 is 0. The molecule has 4 rings (SSSR count). The molecule has 5 heteroatoms. The molecule has 4 unspecified atom stereocenters. The monoisotopic (exact) mass is 339 g/mol. The molecule has 1 aromatic rings. The Morgan fingerprint density at radius 2 is 1.88 bits per heavy atom. The van der Waals surface area contributed by atoms with Crippen molar-refractivity contribution in [1.82, 2.24) is 5.43 Å². The lowest BCUT2D eigenvalue weighted by Gasteiger charge is -2.26. The second kappa shape index (κ2) is 5.97. The number of hydrogen-bond acceptors (Lipinski definition) is 3. The van der Waals surface area contributed by atoms with Crippen molar-refractivity contribution in [1.29, 1.82) is 0 Å². The molecule has 0 aromatic heterocycles. The average molecular weight is 339 g/mol. The number of hydrogen-bond donors (Lipinski definition) is 1. The molecule has 1 saturated carbocycles. The first-order valence-electron chi connectivity index (χ1n) is 9.26. The lowest BCUT2D eigenvalue weighted by molar-refractivity contribution is -0.126. The van der Waals surface area contributed by atoms with Crippen molar-refractivity contribution in [3.63, 3.8) is 0 Å². The molecule has 132 valence electrons. The fourth-order valence-corrected chi connectivity index (χ4v) is 4.78. The zero-order valence-electron chi connectivity index (χ0n) is 15.1. The van der Waals surface area contributed by atoms with Crippen LogP contribution >= 0.6 is 0 Å². The van der Waals surface area contributed by atoms with E-state index < -0.39 is 0 Å². The van der Waals surface area contributed by atoms with Gasteiger partial charge in [-0.2, -0.15) is 5.10 Å². The molecule has 2 aliphatic heterocycles. The minimum absolute atomic E-state index is 0.0290. The number of benzene rings is 1. The van der Waals surface area contributed by atoms with Gasteiger partial charge in [-0.15, -0.1) is 0 Å². The summed E-state index contributed by atoms with van der Waals surface area (Å²) in [6.45, 7) is 4.19. The van der Waals surface area contributed by atoms with E-state index in [4.69, 9.17) is 0 Å². The van der Waals surface area contributed by atoms with Crippen LogP contribution in [-0.2, 0) is 9.59 Å². The van der Waals surface area contributed by atoms with Crippen LogP contribution in [-0.4, -0.2) is 24.6 Å². The van der Waals surface area contributed by atoms with Gasteiger partial charge in [0.05, 0.1) is 5.71 Å². The lowest BCUT2D eigenvalue weighted by Crippen LogP contribution is -2.39. The maximum atomic E-state index is 12.5. The van der Waals surface area contributed by atoms with Gasteiger partial charge in [-0.25, -0.2) is 5.43 Å². The number of nitrogens with one attached hydrogen (secondary N) is 1. The van der Waals surface area contributed by atoms with Gasteiger partial charge in [0.2, 0.25) is 11.8 Å². The average Bonchev–Trinajstić information content (AvgIpc) is 3.08. The SMILES string of the molecule is CC1CC(C)c2cc(C3=NNC(=O)C4CCCC34)ccc2N(C)C1=O. The molecule has 3 aliphatic rings. The van der Waals surface area contributed by atoms with Crippen molar-refractivity contribution in [2.75, 3.05) is 11.9 Å². The smallest absolute Gasteiger partial charge is 0.243 e. The summed E-state index contributed by atoms with van der Waals surface area (Å²) >= 11 is 0. The Morgan fingerprint density at radius 3 is 2.68 bits per heavy atom. The Morgan fingerprint density at radius 1 is 1.12 bits per heavy atom. The van der Waals surface area contributed by atoms with Crippen LogP contribution in [0.3, 0.4) is 0 Å². The molecule has 1 N–H and O–H groups in total. The van der Waals surface area contributed by atoms with Crippen molar-refractivity contribution >= 4 is 23.2 Å². The van der Waals surface area contributed by atoms with E-state index in [0.29, 0.717) is 5.92 Å². The lowest BCUT2D eigenvalue weighted by atomic mass is 9.84. The van der Waals surface area contributed by atoms with Gasteiger partial charge in [-0.1, -0.05) is 26.3 Å². The van der Waals surface area contributed by atoms with Crippen molar-refractivity contribution in [2.45, 2.75) is 45.4 Å². The highest BCUT2D eigenvalue weighted by Crippen LogP contribution is 2.40. The Bertz CT molecular complexity index is 770. The van der Waals surface area contributed by atoms with Crippen molar-refractivity contribution in [3.05, 3.63) is 29.3 Å². The molecule has 2 amide bonds. The predicted molar refractivity (Wildman–Crippen MR) is 97.6 cm³/mol. The van der Waals surface area contributed by atoms with Crippen LogP contribution in [0.1, 0.15) is 56.6 Å². The van der Waals surface area contributed by atoms with Crippen LogP contribution in [0.4, 0.5) is 5.69 Å². The Hall–Kier alpha value is -2.17. The number of fused-ring (bicyclic) bond motifs is 2. The zero-order valence-corrected chi connectivity index (χ0v) is 15.1. The van der Waals surface area contributed by atoms with Crippen molar-refractivity contribution in [2.24, 2.45) is 22.9 Å². The van der Waals surface area contributed by atoms with Gasteiger partial charge in [0, 0.05) is 30.5 Å². The van der Waals surface area contributed by atoms with Gasteiger partial charge >= 0.3 is 0 Å². The quantitative estimate of drug-likeness (QED) is 0.855. The van der Waals surface area contributed by atoms with E-state index >= 15 is 0 Å². The summed E-state index contributed by atoms with van der Waals surface area (Å²) in [5.74, 6) is 0.877. The number of nitrogens with zero attached hydrogens (tertiary/aromatic N) is 2. The predicted octanol–water partition coefficient (Wildman–Crippen LogP) is 3.04. The largest absolute Gasteiger partial charge is 0.315 e. The molecular weight excluding hydrogens is 314 g/mol. The molecule has 25 heavy (non-hydrogen) atoms. The van der Waals surface area contributed by atoms with Gasteiger partial charge in [0.15, 0.2) is 0 Å². The van der Waals surface area contributed by atoms with Gasteiger partial charge in [-0.3, -0.25) is 9.59 Å². The van der Waals surface area contributed by atoms with E-state index in [1.54, 1.807) is 4.90 Å². The van der Waals surface area contributed by atoms with E-state index in [-0.39, 0.29) is 29.6 Å². The standard InChI is InChI=1S/C20H25N3O2/c1-11-9-12(2)20(25)23(3)17-8-7-13(10-16(11)17)18-14-5-4-6-15(14)19(24)22-21-18/h7-8,10-12,14-15H,4-6,9H2,1-3H3,(H,22,24). The Kier molecular flexibility index (Phi) is 3.89. The Labute approximate surface area is 148 Å². The molecule has 4 atom stereocenters. The van der Waals surface area contributed by atoms with Crippen LogP contribution < -0.4 is 10.3 Å². The first kappa shape index (κ1) is 16.3. The summed E-state index contributed by atoms with van der Waals surface area (Å²) in [5.41, 5.74) is 6.99. The Balaban J connectivity index is 1.76. The fourth-order valence-electron chi connectivity index (χ4n) is 4.78. The second-order valence-corrected chi connectivity index (χ2v) is 7.83. The van der Waals surface area contributed by atoms with E-state index in [2.05, 4.69) is 29.6 Å². The van der Waals surface area contributed by atoms with Crippen LogP contribution in [0.5, 0.6) is 0 Å². The molecule has 1 fully saturated rings. The second-order valence-electron chi connectivity index (χ2n) is 7.83. The first-order chi connectivity index (χ1) is 12.0. The highest BCUT2D eigenvalue weighted by molar-refractivity contribution is 6.07. The molecule has 2 heterocycles. The molecule has 0 saturated heterocycles. The molecule has 1 aromatic carbocycles. The van der Waals surface area contributed by atoms with Crippen molar-refractivity contribution < 1.29 is 9.59 Å². The zero-order chi connectivity index (χ0) is 17.7. The summed E-state index contributed by atoms with van der Waals surface area (Å²) in [6, 6.07) is 6.28. The molecule has 1 aliphatic carbocycles. The van der Waals surface area contributed by atoms with Crippen molar-refractivity contribution in [3.8, 4) is 0 Å². The number of rotatable bonds is 1. The topological polar surface area (TPSA) is 61.8 Å². The highest BCUT2D eigenvalue weighted by atomic mass is 16.2. The third kappa shape index (κ3) is 2.57. The van der Waals surface area contributed by atoms with Gasteiger partial charge in [0.25, 0.3) is 0 Å². The normalized spacial score (nSPS) is 31.8. The van der Waals surface area contributed by atoms with Gasteiger partial charge < -0.3 is 4.90 Å². The number of carbonyl (C=O) groups excluding carboxylic acids is 2. The summed E-state index contributed by atoms with van der Waals surface area (Å²) in [7, 11) is 1.86. The highest BCUT2D eigenvalue weighted by Gasteiger charge is 2.40. The fraction of sp³-hybridized carbons (Fsp3) is 0.550. The molecule has 0 radical (unpaired) electrons. The van der Waals surface area contributed by atoms with Gasteiger partial charge in [-0.05, 0) is 48.4 Å². The molecule has 0 bridgehead atoms. The van der Waals surface area contributed by atoms with Gasteiger partial charge in [0.1, 0.15) is 0 Å². The van der Waals surface area contributed by atoms with E-state index in [9.17, 15) is 9.59 Å². The maximum absolute atomic E-state index is 12.5. The maximum Gasteiger partial charge on any atom is 0.243 e. The van der Waals surface area contributed by atoms with Crippen LogP contribution in [0.2, 0.25) is 0 Å². The van der Waals surface area contributed by atoms with Crippen LogP contribution in [0, 0.1) is 17.8 Å². The minimum Gasteiger partial charge on any atom is -0.315 e.